The fourth-order valence-electron chi connectivity index (χ4n) is 2.74. The average molecular weight is 377 g/mol. The van der Waals surface area contributed by atoms with E-state index >= 15 is 0 Å². The summed E-state index contributed by atoms with van der Waals surface area (Å²) in [5, 5.41) is 3.54. The zero-order valence-corrected chi connectivity index (χ0v) is 15.9. The van der Waals surface area contributed by atoms with Gasteiger partial charge in [-0.2, -0.15) is 0 Å². The molecule has 0 saturated carbocycles. The molecule has 0 bridgehead atoms. The maximum absolute atomic E-state index is 5.98. The quantitative estimate of drug-likeness (QED) is 0.490. The highest BCUT2D eigenvalue weighted by atomic mass is 32.1. The van der Waals surface area contributed by atoms with Gasteiger partial charge in [-0.05, 0) is 61.4 Å². The summed E-state index contributed by atoms with van der Waals surface area (Å²) in [5.74, 6) is 2.01. The molecule has 136 valence electrons. The minimum absolute atomic E-state index is 0.00177. The Bertz CT molecular complexity index is 1080. The summed E-state index contributed by atoms with van der Waals surface area (Å²) in [6.45, 7) is 3.94. The molecule has 0 amide bonds. The number of pyridine rings is 1. The Morgan fingerprint density at radius 3 is 2.67 bits per heavy atom. The fraction of sp³-hybridized carbons (Fsp3) is 0.143. The number of hydrogen-bond acceptors (Lipinski definition) is 6. The number of benzene rings is 2. The summed E-state index contributed by atoms with van der Waals surface area (Å²) in [6, 6.07) is 15.6. The Balaban J connectivity index is 1.55. The third-order valence-electron chi connectivity index (χ3n) is 4.19. The Morgan fingerprint density at radius 2 is 1.93 bits per heavy atom. The zero-order chi connectivity index (χ0) is 18.8. The molecule has 4 aromatic rings. The third-order valence-corrected chi connectivity index (χ3v) is 4.84. The van der Waals surface area contributed by atoms with E-state index in [4.69, 9.17) is 15.2 Å². The molecule has 0 spiro atoms. The van der Waals surface area contributed by atoms with Gasteiger partial charge in [-0.15, -0.1) is 0 Å². The van der Waals surface area contributed by atoms with E-state index in [1.54, 1.807) is 6.20 Å². The van der Waals surface area contributed by atoms with E-state index in [1.807, 2.05) is 61.7 Å². The largest absolute Gasteiger partial charge is 0.439 e. The van der Waals surface area contributed by atoms with Crippen LogP contribution >= 0.6 is 11.3 Å². The number of aryl methyl sites for hydroxylation is 1. The van der Waals surface area contributed by atoms with Crippen LogP contribution in [0.1, 0.15) is 24.1 Å². The third kappa shape index (κ3) is 3.92. The maximum Gasteiger partial charge on any atom is 0.278 e. The zero-order valence-electron chi connectivity index (χ0n) is 15.0. The lowest BCUT2D eigenvalue weighted by Crippen LogP contribution is -2.04. The highest BCUT2D eigenvalue weighted by molar-refractivity contribution is 7.11. The summed E-state index contributed by atoms with van der Waals surface area (Å²) in [7, 11) is 0. The molecule has 2 aromatic carbocycles. The lowest BCUT2D eigenvalue weighted by atomic mass is 10.1. The Labute approximate surface area is 161 Å². The molecule has 1 unspecified atom stereocenters. The SMILES string of the molecule is Cc1cc(Oc2nccs2)ccc1Oc1ccc2cc(C(C)N)ccc2n1. The molecule has 1 atom stereocenters. The van der Waals surface area contributed by atoms with E-state index in [1.165, 1.54) is 11.3 Å². The van der Waals surface area contributed by atoms with Gasteiger partial charge in [-0.3, -0.25) is 0 Å². The van der Waals surface area contributed by atoms with Crippen molar-refractivity contribution in [3.63, 3.8) is 0 Å². The second-order valence-corrected chi connectivity index (χ2v) is 7.18. The first-order valence-corrected chi connectivity index (χ1v) is 9.48. The fourth-order valence-corrected chi connectivity index (χ4v) is 3.24. The van der Waals surface area contributed by atoms with Crippen LogP contribution in [0.25, 0.3) is 10.9 Å². The normalized spacial score (nSPS) is 12.1. The van der Waals surface area contributed by atoms with Gasteiger partial charge in [0.25, 0.3) is 5.19 Å². The molecule has 2 heterocycles. The number of nitrogens with two attached hydrogens (primary N) is 1. The summed E-state index contributed by atoms with van der Waals surface area (Å²) >= 11 is 1.45. The minimum atomic E-state index is -0.00177. The number of hydrogen-bond donors (Lipinski definition) is 1. The highest BCUT2D eigenvalue weighted by Crippen LogP contribution is 2.31. The Kier molecular flexibility index (Phi) is 4.75. The van der Waals surface area contributed by atoms with Gasteiger partial charge in [0, 0.05) is 29.1 Å². The molecule has 0 radical (unpaired) electrons. The second kappa shape index (κ2) is 7.34. The van der Waals surface area contributed by atoms with Crippen molar-refractivity contribution in [3.8, 4) is 22.6 Å². The predicted octanol–water partition coefficient (Wildman–Crippen LogP) is 5.60. The van der Waals surface area contributed by atoms with Gasteiger partial charge in [-0.1, -0.05) is 17.4 Å². The van der Waals surface area contributed by atoms with Crippen LogP contribution in [-0.2, 0) is 0 Å². The van der Waals surface area contributed by atoms with Gasteiger partial charge >= 0.3 is 0 Å². The smallest absolute Gasteiger partial charge is 0.278 e. The average Bonchev–Trinajstić information content (AvgIpc) is 3.16. The summed E-state index contributed by atoms with van der Waals surface area (Å²) in [6.07, 6.45) is 1.72. The monoisotopic (exact) mass is 377 g/mol. The van der Waals surface area contributed by atoms with Crippen LogP contribution < -0.4 is 15.2 Å². The van der Waals surface area contributed by atoms with E-state index in [2.05, 4.69) is 16.0 Å². The number of thiazole rings is 1. The topological polar surface area (TPSA) is 70.3 Å². The number of aromatic nitrogens is 2. The van der Waals surface area contributed by atoms with E-state index in [9.17, 15) is 0 Å². The lowest BCUT2D eigenvalue weighted by molar-refractivity contribution is 0.454. The molecule has 6 heteroatoms. The molecule has 5 nitrogen and oxygen atoms in total. The van der Waals surface area contributed by atoms with E-state index in [0.717, 1.165) is 33.5 Å². The molecule has 27 heavy (non-hydrogen) atoms. The first kappa shape index (κ1) is 17.5. The Morgan fingerprint density at radius 1 is 1.04 bits per heavy atom. The van der Waals surface area contributed by atoms with Crippen molar-refractivity contribution in [1.29, 1.82) is 0 Å². The van der Waals surface area contributed by atoms with Crippen LogP contribution in [0, 0.1) is 6.92 Å². The van der Waals surface area contributed by atoms with Crippen molar-refractivity contribution < 1.29 is 9.47 Å². The van der Waals surface area contributed by atoms with Crippen molar-refractivity contribution in [2.75, 3.05) is 0 Å². The van der Waals surface area contributed by atoms with Crippen LogP contribution in [0.4, 0.5) is 0 Å². The number of rotatable bonds is 5. The van der Waals surface area contributed by atoms with Gasteiger partial charge in [-0.25, -0.2) is 9.97 Å². The van der Waals surface area contributed by atoms with Gasteiger partial charge in [0.1, 0.15) is 11.5 Å². The van der Waals surface area contributed by atoms with Crippen molar-refractivity contribution >= 4 is 22.2 Å². The van der Waals surface area contributed by atoms with Crippen molar-refractivity contribution in [2.45, 2.75) is 19.9 Å². The predicted molar refractivity (Wildman–Crippen MR) is 108 cm³/mol. The first-order chi connectivity index (χ1) is 13.1. The summed E-state index contributed by atoms with van der Waals surface area (Å²) in [5.41, 5.74) is 8.87. The van der Waals surface area contributed by atoms with Crippen LogP contribution in [0.5, 0.6) is 22.6 Å². The van der Waals surface area contributed by atoms with Crippen LogP contribution in [0.2, 0.25) is 0 Å². The van der Waals surface area contributed by atoms with Gasteiger partial charge in [0.05, 0.1) is 5.52 Å². The molecule has 0 aliphatic heterocycles. The summed E-state index contributed by atoms with van der Waals surface area (Å²) in [4.78, 5) is 8.72. The van der Waals surface area contributed by atoms with E-state index in [-0.39, 0.29) is 6.04 Å². The summed E-state index contributed by atoms with van der Waals surface area (Å²) < 4.78 is 11.7. The standard InChI is InChI=1S/C21H19N3O2S/c1-13-11-17(25-21-23-9-10-27-21)5-7-19(13)26-20-8-4-16-12-15(14(2)22)3-6-18(16)24-20/h3-12,14H,22H2,1-2H3. The number of nitrogens with zero attached hydrogens (tertiary/aromatic N) is 2. The molecule has 0 fully saturated rings. The minimum Gasteiger partial charge on any atom is -0.439 e. The number of fused-ring (bicyclic) bond motifs is 1. The molecular formula is C21H19N3O2S. The molecule has 0 aliphatic carbocycles. The van der Waals surface area contributed by atoms with Gasteiger partial charge in [0.15, 0.2) is 0 Å². The lowest BCUT2D eigenvalue weighted by Gasteiger charge is -2.11. The van der Waals surface area contributed by atoms with Crippen molar-refractivity contribution in [2.24, 2.45) is 5.73 Å². The first-order valence-electron chi connectivity index (χ1n) is 8.60. The van der Waals surface area contributed by atoms with Gasteiger partial charge in [0.2, 0.25) is 5.88 Å². The van der Waals surface area contributed by atoms with Gasteiger partial charge < -0.3 is 15.2 Å². The van der Waals surface area contributed by atoms with Crippen LogP contribution in [0.15, 0.2) is 60.1 Å². The molecule has 2 aromatic heterocycles. The van der Waals surface area contributed by atoms with Crippen molar-refractivity contribution in [1.82, 2.24) is 9.97 Å². The van der Waals surface area contributed by atoms with E-state index < -0.39 is 0 Å². The van der Waals surface area contributed by atoms with E-state index in [0.29, 0.717) is 11.1 Å². The molecule has 0 saturated heterocycles. The molecule has 0 aliphatic rings. The molecule has 2 N–H and O–H groups in total. The van der Waals surface area contributed by atoms with Crippen LogP contribution in [-0.4, -0.2) is 9.97 Å². The maximum atomic E-state index is 5.98. The Hall–Kier alpha value is -2.96. The van der Waals surface area contributed by atoms with Crippen LogP contribution in [0.3, 0.4) is 0 Å². The highest BCUT2D eigenvalue weighted by Gasteiger charge is 2.08. The van der Waals surface area contributed by atoms with Crippen molar-refractivity contribution in [3.05, 3.63) is 71.2 Å². The second-order valence-electron chi connectivity index (χ2n) is 6.32. The number of ether oxygens (including phenoxy) is 2. The molecular weight excluding hydrogens is 358 g/mol. The molecule has 4 rings (SSSR count).